The summed E-state index contributed by atoms with van der Waals surface area (Å²) < 4.78 is 1.05. The largest absolute Gasteiger partial charge is 0.342 e. The summed E-state index contributed by atoms with van der Waals surface area (Å²) in [4.78, 5) is 26.6. The average molecular weight is 351 g/mol. The van der Waals surface area contributed by atoms with Crippen molar-refractivity contribution in [1.29, 1.82) is 0 Å². The summed E-state index contributed by atoms with van der Waals surface area (Å²) in [6.45, 7) is 5.78. The van der Waals surface area contributed by atoms with E-state index in [1.165, 1.54) is 0 Å². The molecule has 1 aliphatic heterocycles. The molecule has 0 radical (unpaired) electrons. The molecule has 112 valence electrons. The Morgan fingerprint density at radius 2 is 1.76 bits per heavy atom. The van der Waals surface area contributed by atoms with Crippen LogP contribution >= 0.6 is 15.9 Å². The molecular formula is C16H19BrN2O2. The smallest absolute Gasteiger partial charge is 0.250 e. The number of nitrogens with zero attached hydrogens (tertiary/aromatic N) is 1. The third-order valence-corrected chi connectivity index (χ3v) is 5.61. The fraction of sp³-hybridized carbons (Fsp3) is 0.500. The third-order valence-electron chi connectivity index (χ3n) is 4.36. The minimum atomic E-state index is -0.465. The Morgan fingerprint density at radius 1 is 1.19 bits per heavy atom. The zero-order valence-corrected chi connectivity index (χ0v) is 14.0. The van der Waals surface area contributed by atoms with Gasteiger partial charge in [0.25, 0.3) is 5.91 Å². The van der Waals surface area contributed by atoms with Crippen LogP contribution in [0.2, 0.25) is 0 Å². The van der Waals surface area contributed by atoms with E-state index < -0.39 is 6.04 Å². The standard InChI is InChI=1S/C16H19BrN2O2/c1-8-6-12(7-9(2)13(8)17)19-10(3)15(20)18-14(16(19)21)11-4-5-11/h6-7,10-11,14H,4-5H2,1-3H3,(H,18,20). The van der Waals surface area contributed by atoms with Crippen molar-refractivity contribution < 1.29 is 9.59 Å². The highest BCUT2D eigenvalue weighted by molar-refractivity contribution is 9.10. The number of rotatable bonds is 2. The minimum absolute atomic E-state index is 0.0192. The molecule has 1 heterocycles. The van der Waals surface area contributed by atoms with Gasteiger partial charge in [0.2, 0.25) is 5.91 Å². The second kappa shape index (κ2) is 5.13. The Morgan fingerprint density at radius 3 is 2.29 bits per heavy atom. The van der Waals surface area contributed by atoms with E-state index in [9.17, 15) is 9.59 Å². The summed E-state index contributed by atoms with van der Waals surface area (Å²) in [6, 6.07) is 3.12. The van der Waals surface area contributed by atoms with E-state index in [1.54, 1.807) is 11.8 Å². The Kier molecular flexibility index (Phi) is 3.56. The molecule has 0 aromatic heterocycles. The molecule has 2 unspecified atom stereocenters. The molecule has 1 aromatic rings. The number of anilines is 1. The number of carbonyl (C=O) groups excluding carboxylic acids is 2. The van der Waals surface area contributed by atoms with Crippen molar-refractivity contribution in [1.82, 2.24) is 5.32 Å². The molecule has 4 nitrogen and oxygen atoms in total. The number of carbonyl (C=O) groups is 2. The molecular weight excluding hydrogens is 332 g/mol. The maximum absolute atomic E-state index is 12.8. The molecule has 2 fully saturated rings. The van der Waals surface area contributed by atoms with E-state index in [-0.39, 0.29) is 17.9 Å². The minimum Gasteiger partial charge on any atom is -0.342 e. The van der Waals surface area contributed by atoms with Gasteiger partial charge in [-0.25, -0.2) is 0 Å². The van der Waals surface area contributed by atoms with Gasteiger partial charge >= 0.3 is 0 Å². The second-order valence-corrected chi connectivity index (χ2v) is 6.89. The highest BCUT2D eigenvalue weighted by Gasteiger charge is 2.46. The van der Waals surface area contributed by atoms with Gasteiger partial charge < -0.3 is 5.32 Å². The molecule has 1 saturated carbocycles. The number of hydrogen-bond acceptors (Lipinski definition) is 2. The number of benzene rings is 1. The summed E-state index contributed by atoms with van der Waals surface area (Å²) >= 11 is 3.54. The van der Waals surface area contributed by atoms with Gasteiger partial charge in [-0.1, -0.05) is 15.9 Å². The maximum atomic E-state index is 12.8. The normalized spacial score (nSPS) is 26.0. The van der Waals surface area contributed by atoms with Crippen LogP contribution in [0.5, 0.6) is 0 Å². The number of amides is 2. The summed E-state index contributed by atoms with van der Waals surface area (Å²) in [7, 11) is 0. The van der Waals surface area contributed by atoms with E-state index >= 15 is 0 Å². The van der Waals surface area contributed by atoms with E-state index in [1.807, 2.05) is 26.0 Å². The highest BCUT2D eigenvalue weighted by atomic mass is 79.9. The van der Waals surface area contributed by atoms with Gasteiger partial charge in [0.15, 0.2) is 0 Å². The van der Waals surface area contributed by atoms with Crippen molar-refractivity contribution in [3.63, 3.8) is 0 Å². The molecule has 0 spiro atoms. The number of nitrogens with one attached hydrogen (secondary N) is 1. The molecule has 2 atom stereocenters. The Labute approximate surface area is 133 Å². The van der Waals surface area contributed by atoms with Crippen LogP contribution in [0.4, 0.5) is 5.69 Å². The monoisotopic (exact) mass is 350 g/mol. The van der Waals surface area contributed by atoms with Crippen molar-refractivity contribution in [2.75, 3.05) is 4.90 Å². The fourth-order valence-corrected chi connectivity index (χ4v) is 3.18. The second-order valence-electron chi connectivity index (χ2n) is 6.10. The van der Waals surface area contributed by atoms with Gasteiger partial charge in [-0.2, -0.15) is 0 Å². The van der Waals surface area contributed by atoms with Crippen molar-refractivity contribution in [2.24, 2.45) is 5.92 Å². The predicted octanol–water partition coefficient (Wildman–Crippen LogP) is 2.70. The summed E-state index contributed by atoms with van der Waals surface area (Å²) in [5.41, 5.74) is 2.95. The number of hydrogen-bond donors (Lipinski definition) is 1. The van der Waals surface area contributed by atoms with Gasteiger partial charge in [0.05, 0.1) is 0 Å². The van der Waals surface area contributed by atoms with Gasteiger partial charge in [0, 0.05) is 10.2 Å². The van der Waals surface area contributed by atoms with Crippen LogP contribution in [0, 0.1) is 19.8 Å². The van der Waals surface area contributed by atoms with E-state index in [0.29, 0.717) is 5.92 Å². The number of piperazine rings is 1. The maximum Gasteiger partial charge on any atom is 0.250 e. The van der Waals surface area contributed by atoms with Crippen molar-refractivity contribution in [3.05, 3.63) is 27.7 Å². The molecule has 1 N–H and O–H groups in total. The van der Waals surface area contributed by atoms with Crippen LogP contribution in [0.25, 0.3) is 0 Å². The topological polar surface area (TPSA) is 49.4 Å². The Bertz CT molecular complexity index is 602. The Hall–Kier alpha value is -1.36. The van der Waals surface area contributed by atoms with Crippen molar-refractivity contribution >= 4 is 33.4 Å². The van der Waals surface area contributed by atoms with Crippen LogP contribution in [-0.4, -0.2) is 23.9 Å². The zero-order chi connectivity index (χ0) is 15.3. The Balaban J connectivity index is 2.01. The molecule has 1 aliphatic carbocycles. The zero-order valence-electron chi connectivity index (χ0n) is 12.4. The SMILES string of the molecule is Cc1cc(N2C(=O)C(C3CC3)NC(=O)C2C)cc(C)c1Br. The van der Waals surface area contributed by atoms with E-state index in [4.69, 9.17) is 0 Å². The van der Waals surface area contributed by atoms with Crippen molar-refractivity contribution in [3.8, 4) is 0 Å². The van der Waals surface area contributed by atoms with Gasteiger partial charge in [-0.05, 0) is 62.8 Å². The fourth-order valence-electron chi connectivity index (χ4n) is 2.96. The molecule has 21 heavy (non-hydrogen) atoms. The van der Waals surface area contributed by atoms with Crippen LogP contribution in [0.1, 0.15) is 30.9 Å². The summed E-state index contributed by atoms with van der Waals surface area (Å²) in [5.74, 6) is 0.268. The highest BCUT2D eigenvalue weighted by Crippen LogP contribution is 2.37. The lowest BCUT2D eigenvalue weighted by atomic mass is 10.0. The van der Waals surface area contributed by atoms with Crippen molar-refractivity contribution in [2.45, 2.75) is 45.7 Å². The van der Waals surface area contributed by atoms with Gasteiger partial charge in [-0.3, -0.25) is 14.5 Å². The van der Waals surface area contributed by atoms with Crippen LogP contribution in [0.3, 0.4) is 0 Å². The van der Waals surface area contributed by atoms with Gasteiger partial charge in [-0.15, -0.1) is 0 Å². The molecule has 2 aliphatic rings. The number of aryl methyl sites for hydroxylation is 2. The quantitative estimate of drug-likeness (QED) is 0.891. The number of halogens is 1. The summed E-state index contributed by atoms with van der Waals surface area (Å²) in [5, 5.41) is 2.88. The third kappa shape index (κ3) is 2.48. The molecule has 1 aromatic carbocycles. The van der Waals surface area contributed by atoms with Crippen LogP contribution < -0.4 is 10.2 Å². The van der Waals surface area contributed by atoms with Crippen LogP contribution in [0.15, 0.2) is 16.6 Å². The first-order valence-corrected chi connectivity index (χ1v) is 8.09. The van der Waals surface area contributed by atoms with Crippen LogP contribution in [-0.2, 0) is 9.59 Å². The lowest BCUT2D eigenvalue weighted by Gasteiger charge is -2.38. The first-order valence-electron chi connectivity index (χ1n) is 7.30. The molecule has 2 amide bonds. The molecule has 0 bridgehead atoms. The first kappa shape index (κ1) is 14.6. The lowest BCUT2D eigenvalue weighted by Crippen LogP contribution is -2.63. The average Bonchev–Trinajstić information content (AvgIpc) is 3.24. The van der Waals surface area contributed by atoms with Gasteiger partial charge in [0.1, 0.15) is 12.1 Å². The molecule has 5 heteroatoms. The summed E-state index contributed by atoms with van der Waals surface area (Å²) in [6.07, 6.45) is 2.05. The first-order chi connectivity index (χ1) is 9.90. The molecule has 1 saturated heterocycles. The van der Waals surface area contributed by atoms with E-state index in [2.05, 4.69) is 21.2 Å². The predicted molar refractivity (Wildman–Crippen MR) is 85.2 cm³/mol. The lowest BCUT2D eigenvalue weighted by molar-refractivity contribution is -0.133. The van der Waals surface area contributed by atoms with E-state index in [0.717, 1.165) is 34.1 Å². The molecule has 3 rings (SSSR count).